The summed E-state index contributed by atoms with van der Waals surface area (Å²) in [6, 6.07) is 8.73. The van der Waals surface area contributed by atoms with Crippen LogP contribution in [0, 0.1) is 5.82 Å². The predicted octanol–water partition coefficient (Wildman–Crippen LogP) is 4.97. The molecule has 3 rings (SSSR count). The van der Waals surface area contributed by atoms with Crippen LogP contribution in [-0.2, 0) is 15.8 Å². The zero-order valence-corrected chi connectivity index (χ0v) is 19.9. The summed E-state index contributed by atoms with van der Waals surface area (Å²) in [5.41, 5.74) is 0.543. The van der Waals surface area contributed by atoms with E-state index >= 15 is 0 Å². The average Bonchev–Trinajstić information content (AvgIpc) is 2.76. The maximum absolute atomic E-state index is 13.8. The Hall–Kier alpha value is -1.32. The van der Waals surface area contributed by atoms with Crippen LogP contribution in [0.2, 0.25) is 10.0 Å². The molecule has 1 aliphatic heterocycles. The van der Waals surface area contributed by atoms with Crippen LogP contribution in [-0.4, -0.2) is 44.0 Å². The van der Waals surface area contributed by atoms with Crippen LogP contribution in [0.15, 0.2) is 41.3 Å². The molecular formula is C21H23Cl2FN2O3S2. The minimum Gasteiger partial charge on any atom is -0.351 e. The molecule has 168 valence electrons. The summed E-state index contributed by atoms with van der Waals surface area (Å²) in [4.78, 5) is 12.6. The molecule has 1 N–H and O–H groups in total. The van der Waals surface area contributed by atoms with Gasteiger partial charge < -0.3 is 5.32 Å². The van der Waals surface area contributed by atoms with Crippen molar-refractivity contribution in [3.63, 3.8) is 0 Å². The molecule has 1 heterocycles. The zero-order valence-electron chi connectivity index (χ0n) is 16.7. The Morgan fingerprint density at radius 2 is 1.84 bits per heavy atom. The summed E-state index contributed by atoms with van der Waals surface area (Å²) in [7, 11) is -3.66. The summed E-state index contributed by atoms with van der Waals surface area (Å²) in [5, 5.41) is 3.29. The number of piperidine rings is 1. The van der Waals surface area contributed by atoms with Crippen LogP contribution >= 0.6 is 35.0 Å². The Morgan fingerprint density at radius 1 is 1.10 bits per heavy atom. The highest BCUT2D eigenvalue weighted by Crippen LogP contribution is 2.26. The number of nitrogens with zero attached hydrogens (tertiary/aromatic N) is 1. The molecule has 2 aromatic carbocycles. The van der Waals surface area contributed by atoms with E-state index in [9.17, 15) is 17.6 Å². The van der Waals surface area contributed by atoms with E-state index in [0.717, 1.165) is 19.3 Å². The van der Waals surface area contributed by atoms with Gasteiger partial charge in [0.25, 0.3) is 5.91 Å². The number of halogens is 3. The normalized spacial score (nSPS) is 15.1. The number of amides is 1. The minimum atomic E-state index is -3.66. The second-order valence-electron chi connectivity index (χ2n) is 7.12. The van der Waals surface area contributed by atoms with Gasteiger partial charge in [-0.25, -0.2) is 12.8 Å². The van der Waals surface area contributed by atoms with Crippen LogP contribution < -0.4 is 5.32 Å². The Morgan fingerprint density at radius 3 is 2.55 bits per heavy atom. The number of hydrogen-bond donors (Lipinski definition) is 1. The first-order valence-electron chi connectivity index (χ1n) is 9.89. The SMILES string of the molecule is O=C(NCCSCc1c(F)cccc1Cl)c1cc(S(=O)(=O)N2CCCCC2)ccc1Cl. The number of carbonyl (C=O) groups is 1. The standard InChI is InChI=1S/C21H23Cl2FN2O3S2/c22-18-5-4-6-20(24)17(18)14-30-12-9-25-21(27)16-13-15(7-8-19(16)23)31(28,29)26-10-2-1-3-11-26/h4-8,13H,1-3,9-12,14H2,(H,25,27). The van der Waals surface area contributed by atoms with E-state index < -0.39 is 15.9 Å². The van der Waals surface area contributed by atoms with Gasteiger partial charge in [-0.1, -0.05) is 35.7 Å². The monoisotopic (exact) mass is 504 g/mol. The number of sulfonamides is 1. The lowest BCUT2D eigenvalue weighted by atomic mass is 10.2. The molecule has 0 radical (unpaired) electrons. The van der Waals surface area contributed by atoms with Gasteiger partial charge in [0.2, 0.25) is 10.0 Å². The third-order valence-electron chi connectivity index (χ3n) is 4.98. The van der Waals surface area contributed by atoms with Crippen molar-refractivity contribution in [3.8, 4) is 0 Å². The van der Waals surface area contributed by atoms with Crippen molar-refractivity contribution < 1.29 is 17.6 Å². The number of hydrogen-bond acceptors (Lipinski definition) is 4. The molecule has 0 bridgehead atoms. The number of carbonyl (C=O) groups excluding carboxylic acids is 1. The van der Waals surface area contributed by atoms with Gasteiger partial charge >= 0.3 is 0 Å². The smallest absolute Gasteiger partial charge is 0.252 e. The highest BCUT2D eigenvalue weighted by molar-refractivity contribution is 7.98. The minimum absolute atomic E-state index is 0.0625. The first kappa shape index (κ1) is 24.3. The fraction of sp³-hybridized carbons (Fsp3) is 0.381. The number of thioether (sulfide) groups is 1. The van der Waals surface area contributed by atoms with Crippen molar-refractivity contribution in [3.05, 3.63) is 63.4 Å². The van der Waals surface area contributed by atoms with Crippen LogP contribution in [0.4, 0.5) is 4.39 Å². The Balaban J connectivity index is 1.58. The molecule has 0 aliphatic carbocycles. The van der Waals surface area contributed by atoms with Crippen LogP contribution in [0.5, 0.6) is 0 Å². The maximum atomic E-state index is 13.8. The van der Waals surface area contributed by atoms with Crippen LogP contribution in [0.25, 0.3) is 0 Å². The topological polar surface area (TPSA) is 66.5 Å². The van der Waals surface area contributed by atoms with Crippen molar-refractivity contribution in [1.29, 1.82) is 0 Å². The molecule has 0 atom stereocenters. The summed E-state index contributed by atoms with van der Waals surface area (Å²) in [5.74, 6) is 0.0960. The van der Waals surface area contributed by atoms with E-state index in [2.05, 4.69) is 5.32 Å². The first-order valence-corrected chi connectivity index (χ1v) is 13.2. The van der Waals surface area contributed by atoms with Crippen LogP contribution in [0.3, 0.4) is 0 Å². The van der Waals surface area contributed by atoms with Crippen molar-refractivity contribution in [2.24, 2.45) is 0 Å². The molecule has 2 aromatic rings. The molecule has 10 heteroatoms. The van der Waals surface area contributed by atoms with Crippen molar-refractivity contribution in [2.45, 2.75) is 29.9 Å². The summed E-state index contributed by atoms with van der Waals surface area (Å²) < 4.78 is 41.0. The van der Waals surface area contributed by atoms with E-state index in [0.29, 0.717) is 41.7 Å². The first-order chi connectivity index (χ1) is 14.8. The quantitative estimate of drug-likeness (QED) is 0.515. The fourth-order valence-corrected chi connectivity index (χ4v) is 6.21. The molecule has 0 aromatic heterocycles. The molecule has 1 aliphatic rings. The Bertz CT molecular complexity index is 1020. The van der Waals surface area contributed by atoms with E-state index in [4.69, 9.17) is 23.2 Å². The van der Waals surface area contributed by atoms with Gasteiger partial charge in [-0.15, -0.1) is 0 Å². The molecule has 31 heavy (non-hydrogen) atoms. The molecule has 5 nitrogen and oxygen atoms in total. The van der Waals surface area contributed by atoms with E-state index in [1.165, 1.54) is 40.3 Å². The summed E-state index contributed by atoms with van der Waals surface area (Å²) in [6.07, 6.45) is 2.67. The van der Waals surface area contributed by atoms with Gasteiger partial charge in [0.1, 0.15) is 5.82 Å². The Kier molecular flexibility index (Phi) is 8.64. The Labute approximate surface area is 196 Å². The highest BCUT2D eigenvalue weighted by atomic mass is 35.5. The largest absolute Gasteiger partial charge is 0.351 e. The second-order valence-corrected chi connectivity index (χ2v) is 11.0. The summed E-state index contributed by atoms with van der Waals surface area (Å²) in [6.45, 7) is 1.28. The third-order valence-corrected chi connectivity index (χ3v) is 8.54. The van der Waals surface area contributed by atoms with E-state index in [-0.39, 0.29) is 21.3 Å². The van der Waals surface area contributed by atoms with Gasteiger partial charge in [0.05, 0.1) is 15.5 Å². The second kappa shape index (κ2) is 11.0. The highest BCUT2D eigenvalue weighted by Gasteiger charge is 2.27. The lowest BCUT2D eigenvalue weighted by Crippen LogP contribution is -2.35. The predicted molar refractivity (Wildman–Crippen MR) is 124 cm³/mol. The van der Waals surface area contributed by atoms with Crippen molar-refractivity contribution >= 4 is 50.9 Å². The average molecular weight is 505 g/mol. The van der Waals surface area contributed by atoms with Gasteiger partial charge in [-0.3, -0.25) is 4.79 Å². The van der Waals surface area contributed by atoms with Gasteiger partial charge in [-0.2, -0.15) is 16.1 Å². The number of nitrogens with one attached hydrogen (secondary N) is 1. The molecule has 1 saturated heterocycles. The van der Waals surface area contributed by atoms with Crippen LogP contribution in [0.1, 0.15) is 35.2 Å². The zero-order chi connectivity index (χ0) is 22.4. The maximum Gasteiger partial charge on any atom is 0.252 e. The number of rotatable bonds is 8. The molecule has 1 fully saturated rings. The molecule has 0 saturated carbocycles. The molecule has 1 amide bonds. The third kappa shape index (κ3) is 6.14. The van der Waals surface area contributed by atoms with Gasteiger partial charge in [-0.05, 0) is 43.2 Å². The van der Waals surface area contributed by atoms with E-state index in [1.54, 1.807) is 12.1 Å². The summed E-state index contributed by atoms with van der Waals surface area (Å²) >= 11 is 13.6. The molecular weight excluding hydrogens is 482 g/mol. The van der Waals surface area contributed by atoms with E-state index in [1.807, 2.05) is 0 Å². The van der Waals surface area contributed by atoms with Crippen molar-refractivity contribution in [1.82, 2.24) is 9.62 Å². The number of benzene rings is 2. The van der Waals surface area contributed by atoms with Crippen molar-refractivity contribution in [2.75, 3.05) is 25.4 Å². The molecule has 0 spiro atoms. The lowest BCUT2D eigenvalue weighted by Gasteiger charge is -2.26. The fourth-order valence-electron chi connectivity index (χ4n) is 3.27. The molecule has 0 unspecified atom stereocenters. The lowest BCUT2D eigenvalue weighted by molar-refractivity contribution is 0.0956. The van der Waals surface area contributed by atoms with Gasteiger partial charge in [0, 0.05) is 41.7 Å². The van der Waals surface area contributed by atoms with Gasteiger partial charge in [0.15, 0.2) is 0 Å².